The predicted molar refractivity (Wildman–Crippen MR) is 47.8 cm³/mol. The highest BCUT2D eigenvalue weighted by Gasteiger charge is 1.98. The van der Waals surface area contributed by atoms with Gasteiger partial charge in [0.1, 0.15) is 11.3 Å². The molecule has 60 valence electrons. The van der Waals surface area contributed by atoms with Gasteiger partial charge in [-0.1, -0.05) is 0 Å². The fourth-order valence-corrected chi connectivity index (χ4v) is 1.03. The van der Waals surface area contributed by atoms with Crippen molar-refractivity contribution in [2.75, 3.05) is 0 Å². The minimum atomic E-state index is 0.520. The van der Waals surface area contributed by atoms with Crippen molar-refractivity contribution in [1.29, 1.82) is 0 Å². The molecule has 0 atom stereocenters. The number of thiol groups is 1. The second kappa shape index (κ2) is 3.02. The zero-order valence-corrected chi connectivity index (χ0v) is 7.07. The van der Waals surface area contributed by atoms with Crippen molar-refractivity contribution in [2.45, 2.75) is 5.75 Å². The Hall–Kier alpha value is -1.23. The van der Waals surface area contributed by atoms with Gasteiger partial charge in [-0.3, -0.25) is 0 Å². The molecule has 0 saturated heterocycles. The van der Waals surface area contributed by atoms with Crippen molar-refractivity contribution in [3.05, 3.63) is 24.4 Å². The third kappa shape index (κ3) is 1.23. The first-order chi connectivity index (χ1) is 5.90. The van der Waals surface area contributed by atoms with Crippen LogP contribution in [-0.2, 0) is 5.75 Å². The summed E-state index contributed by atoms with van der Waals surface area (Å²) in [4.78, 5) is 16.3. The Balaban J connectivity index is 2.67. The molecule has 2 heterocycles. The van der Waals surface area contributed by atoms with E-state index in [1.165, 1.54) is 0 Å². The summed E-state index contributed by atoms with van der Waals surface area (Å²) in [6, 6.07) is 0. The molecule has 0 radical (unpaired) electrons. The van der Waals surface area contributed by atoms with Gasteiger partial charge in [0.05, 0.1) is 11.9 Å². The van der Waals surface area contributed by atoms with Gasteiger partial charge in [-0.05, 0) is 0 Å². The molecule has 0 bridgehead atoms. The minimum Gasteiger partial charge on any atom is -0.250 e. The van der Waals surface area contributed by atoms with Gasteiger partial charge >= 0.3 is 0 Å². The van der Waals surface area contributed by atoms with Gasteiger partial charge in [0.2, 0.25) is 0 Å². The van der Waals surface area contributed by atoms with Crippen LogP contribution in [-0.4, -0.2) is 19.9 Å². The summed E-state index contributed by atoms with van der Waals surface area (Å²) in [6.45, 7) is 0. The Kier molecular flexibility index (Phi) is 1.87. The Labute approximate surface area is 74.5 Å². The molecule has 5 heteroatoms. The number of hydrogen-bond donors (Lipinski definition) is 1. The largest absolute Gasteiger partial charge is 0.250 e. The number of fused-ring (bicyclic) bond motifs is 1. The molecule has 0 amide bonds. The van der Waals surface area contributed by atoms with Crippen molar-refractivity contribution in [3.8, 4) is 0 Å². The van der Waals surface area contributed by atoms with Crippen LogP contribution in [0.15, 0.2) is 18.6 Å². The zero-order chi connectivity index (χ0) is 8.39. The number of aromatic nitrogens is 4. The van der Waals surface area contributed by atoms with Crippen LogP contribution in [0.5, 0.6) is 0 Å². The summed E-state index contributed by atoms with van der Waals surface area (Å²) in [5.74, 6) is 1.19. The molecule has 0 spiro atoms. The van der Waals surface area contributed by atoms with Crippen LogP contribution in [0, 0.1) is 0 Å². The van der Waals surface area contributed by atoms with Crippen molar-refractivity contribution in [3.63, 3.8) is 0 Å². The van der Waals surface area contributed by atoms with Crippen LogP contribution in [0.2, 0.25) is 0 Å². The quantitative estimate of drug-likeness (QED) is 0.658. The van der Waals surface area contributed by atoms with E-state index in [1.807, 2.05) is 0 Å². The summed E-state index contributed by atoms with van der Waals surface area (Å²) in [7, 11) is 0. The molecule has 2 aromatic heterocycles. The Morgan fingerprint density at radius 3 is 2.83 bits per heavy atom. The van der Waals surface area contributed by atoms with Crippen molar-refractivity contribution in [2.24, 2.45) is 0 Å². The maximum Gasteiger partial charge on any atom is 0.181 e. The van der Waals surface area contributed by atoms with E-state index in [-0.39, 0.29) is 0 Å². The van der Waals surface area contributed by atoms with Gasteiger partial charge in [0.15, 0.2) is 5.65 Å². The average molecular weight is 178 g/mol. The summed E-state index contributed by atoms with van der Waals surface area (Å²) >= 11 is 4.06. The molecule has 0 unspecified atom stereocenters. The van der Waals surface area contributed by atoms with E-state index >= 15 is 0 Å². The number of rotatable bonds is 1. The Bertz CT molecular complexity index is 403. The van der Waals surface area contributed by atoms with Crippen LogP contribution in [0.4, 0.5) is 0 Å². The molecule has 0 saturated carbocycles. The molecule has 2 rings (SSSR count). The van der Waals surface area contributed by atoms with E-state index in [2.05, 4.69) is 32.6 Å². The SMILES string of the molecule is SCc1ncc2nccnc2n1. The van der Waals surface area contributed by atoms with Crippen molar-refractivity contribution in [1.82, 2.24) is 19.9 Å². The highest BCUT2D eigenvalue weighted by molar-refractivity contribution is 7.79. The van der Waals surface area contributed by atoms with Gasteiger partial charge in [-0.25, -0.2) is 19.9 Å². The first kappa shape index (κ1) is 7.42. The van der Waals surface area contributed by atoms with Crippen LogP contribution in [0.3, 0.4) is 0 Å². The van der Waals surface area contributed by atoms with E-state index in [9.17, 15) is 0 Å². The summed E-state index contributed by atoms with van der Waals surface area (Å²) in [6.07, 6.45) is 4.88. The van der Waals surface area contributed by atoms with Crippen LogP contribution < -0.4 is 0 Å². The highest BCUT2D eigenvalue weighted by Crippen LogP contribution is 2.03. The number of hydrogen-bond acceptors (Lipinski definition) is 5. The highest BCUT2D eigenvalue weighted by atomic mass is 32.1. The second-order valence-electron chi connectivity index (χ2n) is 2.21. The lowest BCUT2D eigenvalue weighted by molar-refractivity contribution is 1.04. The van der Waals surface area contributed by atoms with Gasteiger partial charge in [-0.15, -0.1) is 0 Å². The first-order valence-corrected chi connectivity index (χ1v) is 4.07. The van der Waals surface area contributed by atoms with Gasteiger partial charge in [-0.2, -0.15) is 12.6 Å². The summed E-state index contributed by atoms with van der Waals surface area (Å²) in [5, 5.41) is 0. The molecule has 0 aromatic carbocycles. The Morgan fingerprint density at radius 1 is 1.17 bits per heavy atom. The smallest absolute Gasteiger partial charge is 0.181 e. The fraction of sp³-hybridized carbons (Fsp3) is 0.143. The zero-order valence-electron chi connectivity index (χ0n) is 6.18. The molecule has 0 aliphatic carbocycles. The van der Waals surface area contributed by atoms with Gasteiger partial charge in [0.25, 0.3) is 0 Å². The molecule has 2 aromatic rings. The number of nitrogens with zero attached hydrogens (tertiary/aromatic N) is 4. The molecular formula is C7H6N4S. The molecule has 0 aliphatic rings. The van der Waals surface area contributed by atoms with Gasteiger partial charge in [0, 0.05) is 12.4 Å². The van der Waals surface area contributed by atoms with E-state index in [1.54, 1.807) is 18.6 Å². The average Bonchev–Trinajstić information content (AvgIpc) is 2.17. The van der Waals surface area contributed by atoms with Gasteiger partial charge < -0.3 is 0 Å². The van der Waals surface area contributed by atoms with Crippen LogP contribution >= 0.6 is 12.6 Å². The Morgan fingerprint density at radius 2 is 2.00 bits per heavy atom. The molecule has 4 nitrogen and oxygen atoms in total. The molecule has 0 N–H and O–H groups in total. The van der Waals surface area contributed by atoms with E-state index in [4.69, 9.17) is 0 Å². The molecule has 0 aliphatic heterocycles. The lowest BCUT2D eigenvalue weighted by Crippen LogP contribution is -1.94. The maximum atomic E-state index is 4.13. The van der Waals surface area contributed by atoms with E-state index in [0.717, 1.165) is 0 Å². The van der Waals surface area contributed by atoms with Crippen molar-refractivity contribution < 1.29 is 0 Å². The molecular weight excluding hydrogens is 172 g/mol. The minimum absolute atomic E-state index is 0.520. The van der Waals surface area contributed by atoms with Crippen molar-refractivity contribution >= 4 is 23.8 Å². The first-order valence-electron chi connectivity index (χ1n) is 3.43. The van der Waals surface area contributed by atoms with Crippen LogP contribution in [0.1, 0.15) is 5.82 Å². The summed E-state index contributed by atoms with van der Waals surface area (Å²) in [5.41, 5.74) is 1.33. The maximum absolute atomic E-state index is 4.13. The predicted octanol–water partition coefficient (Wildman–Crippen LogP) is 0.850. The lowest BCUT2D eigenvalue weighted by atomic mass is 10.5. The monoisotopic (exact) mass is 178 g/mol. The third-order valence-corrected chi connectivity index (χ3v) is 1.70. The van der Waals surface area contributed by atoms with Crippen LogP contribution in [0.25, 0.3) is 11.2 Å². The standard InChI is InChI=1S/C7H6N4S/c12-4-6-10-3-5-7(11-6)9-2-1-8-5/h1-3,12H,4H2. The normalized spacial score (nSPS) is 10.4. The second-order valence-corrected chi connectivity index (χ2v) is 2.53. The van der Waals surface area contributed by atoms with E-state index < -0.39 is 0 Å². The fourth-order valence-electron chi connectivity index (χ4n) is 0.882. The third-order valence-electron chi connectivity index (χ3n) is 1.42. The summed E-state index contributed by atoms with van der Waals surface area (Å²) < 4.78 is 0. The molecule has 0 fully saturated rings. The topological polar surface area (TPSA) is 51.6 Å². The van der Waals surface area contributed by atoms with E-state index in [0.29, 0.717) is 22.7 Å². The molecule has 12 heavy (non-hydrogen) atoms. The lowest BCUT2D eigenvalue weighted by Gasteiger charge is -1.95.